The maximum absolute atomic E-state index is 12.1. The van der Waals surface area contributed by atoms with Gasteiger partial charge in [0.25, 0.3) is 5.78 Å². The third-order valence-corrected chi connectivity index (χ3v) is 2.30. The van der Waals surface area contributed by atoms with Gasteiger partial charge in [-0.15, -0.1) is 0 Å². The van der Waals surface area contributed by atoms with Crippen LogP contribution in [0.2, 0.25) is 0 Å². The lowest BCUT2D eigenvalue weighted by Gasteiger charge is -2.04. The molecule has 4 nitrogen and oxygen atoms in total. The van der Waals surface area contributed by atoms with Gasteiger partial charge in [0, 0.05) is 11.6 Å². The molecule has 0 bridgehead atoms. The molecule has 0 saturated carbocycles. The van der Waals surface area contributed by atoms with Crippen LogP contribution in [0.15, 0.2) is 23.2 Å². The maximum atomic E-state index is 12.1. The summed E-state index contributed by atoms with van der Waals surface area (Å²) in [4.78, 5) is 21.8. The highest BCUT2D eigenvalue weighted by atomic mass is 19.4. The Balaban J connectivity index is 2.99. The number of halogens is 3. The Morgan fingerprint density at radius 3 is 2.56 bits per heavy atom. The second-order valence-corrected chi connectivity index (χ2v) is 3.69. The van der Waals surface area contributed by atoms with Gasteiger partial charge in [-0.3, -0.25) is 4.79 Å². The van der Waals surface area contributed by atoms with Crippen molar-refractivity contribution in [2.75, 3.05) is 0 Å². The molecule has 18 heavy (non-hydrogen) atoms. The van der Waals surface area contributed by atoms with Gasteiger partial charge in [0.05, 0.1) is 0 Å². The highest BCUT2D eigenvalue weighted by Gasteiger charge is 2.39. The van der Waals surface area contributed by atoms with Crippen molar-refractivity contribution in [3.63, 3.8) is 0 Å². The van der Waals surface area contributed by atoms with Crippen LogP contribution < -0.4 is 0 Å². The first-order valence-electron chi connectivity index (χ1n) is 5.25. The van der Waals surface area contributed by atoms with Crippen molar-refractivity contribution in [2.45, 2.75) is 32.4 Å². The second kappa shape index (κ2) is 5.24. The zero-order chi connectivity index (χ0) is 13.9. The monoisotopic (exact) mass is 264 g/mol. The van der Waals surface area contributed by atoms with Gasteiger partial charge in [0.2, 0.25) is 5.76 Å². The number of ether oxygens (including phenoxy) is 1. The summed E-state index contributed by atoms with van der Waals surface area (Å²) in [5.41, 5.74) is -0.0561. The summed E-state index contributed by atoms with van der Waals surface area (Å²) in [5, 5.41) is 9.34. The van der Waals surface area contributed by atoms with E-state index in [0.29, 0.717) is 12.8 Å². The number of cyclic esters (lactones) is 1. The molecule has 0 aromatic carbocycles. The van der Waals surface area contributed by atoms with E-state index in [1.165, 1.54) is 0 Å². The number of aliphatic hydroxyl groups excluding tert-OH is 1. The van der Waals surface area contributed by atoms with Crippen LogP contribution in [-0.4, -0.2) is 23.0 Å². The zero-order valence-electron chi connectivity index (χ0n) is 9.50. The number of unbranched alkanes of at least 4 members (excludes halogenated alkanes) is 1. The van der Waals surface area contributed by atoms with E-state index in [-0.39, 0.29) is 18.1 Å². The number of carbonyl (C=O) groups excluding carboxylic acids is 2. The molecule has 0 aliphatic carbocycles. The minimum absolute atomic E-state index is 0.0561. The molecular weight excluding hydrogens is 253 g/mol. The third kappa shape index (κ3) is 3.12. The van der Waals surface area contributed by atoms with Gasteiger partial charge < -0.3 is 9.84 Å². The van der Waals surface area contributed by atoms with Crippen LogP contribution in [0, 0.1) is 0 Å². The van der Waals surface area contributed by atoms with Crippen molar-refractivity contribution in [3.8, 4) is 0 Å². The van der Waals surface area contributed by atoms with Crippen LogP contribution in [0.4, 0.5) is 13.2 Å². The maximum Gasteiger partial charge on any atom is 0.454 e. The molecule has 0 radical (unpaired) electrons. The fourth-order valence-electron chi connectivity index (χ4n) is 1.36. The fraction of sp³-hybridized carbons (Fsp3) is 0.455. The molecule has 0 saturated heterocycles. The molecule has 0 aromatic heterocycles. The van der Waals surface area contributed by atoms with Crippen LogP contribution in [-0.2, 0) is 14.3 Å². The van der Waals surface area contributed by atoms with Gasteiger partial charge in [0.1, 0.15) is 5.76 Å². The highest BCUT2D eigenvalue weighted by Crippen LogP contribution is 2.30. The SMILES string of the molecule is CCCCC1=C(O)C(=O)O/C1=C/C(=O)C(F)(F)F. The molecule has 100 valence electrons. The number of aliphatic hydroxyl groups is 1. The first kappa shape index (κ1) is 14.3. The Labute approximate surface area is 101 Å². The number of hydrogen-bond acceptors (Lipinski definition) is 4. The fourth-order valence-corrected chi connectivity index (χ4v) is 1.36. The van der Waals surface area contributed by atoms with Gasteiger partial charge in [-0.05, 0) is 12.8 Å². The smallest absolute Gasteiger partial charge is 0.454 e. The lowest BCUT2D eigenvalue weighted by Crippen LogP contribution is -2.20. The highest BCUT2D eigenvalue weighted by molar-refractivity contribution is 5.98. The summed E-state index contributed by atoms with van der Waals surface area (Å²) in [5.74, 6) is -4.52. The van der Waals surface area contributed by atoms with E-state index >= 15 is 0 Å². The van der Waals surface area contributed by atoms with Gasteiger partial charge in [-0.1, -0.05) is 13.3 Å². The molecule has 1 aliphatic rings. The van der Waals surface area contributed by atoms with Crippen molar-refractivity contribution in [3.05, 3.63) is 23.2 Å². The van der Waals surface area contributed by atoms with E-state index in [4.69, 9.17) is 0 Å². The first-order valence-corrected chi connectivity index (χ1v) is 5.25. The predicted molar refractivity (Wildman–Crippen MR) is 54.4 cm³/mol. The minimum atomic E-state index is -5.03. The average Bonchev–Trinajstić information content (AvgIpc) is 2.51. The number of allylic oxidation sites excluding steroid dienone is 2. The Morgan fingerprint density at radius 2 is 2.06 bits per heavy atom. The number of hydrogen-bond donors (Lipinski definition) is 1. The predicted octanol–water partition coefficient (Wildman–Crippen LogP) is 2.56. The minimum Gasteiger partial charge on any atom is -0.502 e. The summed E-state index contributed by atoms with van der Waals surface area (Å²) in [6, 6.07) is 0. The van der Waals surface area contributed by atoms with E-state index in [0.717, 1.165) is 0 Å². The molecule has 0 fully saturated rings. The van der Waals surface area contributed by atoms with E-state index < -0.39 is 29.4 Å². The third-order valence-electron chi connectivity index (χ3n) is 2.30. The number of alkyl halides is 3. The van der Waals surface area contributed by atoms with Crippen molar-refractivity contribution in [2.24, 2.45) is 0 Å². The van der Waals surface area contributed by atoms with E-state index in [9.17, 15) is 27.9 Å². The van der Waals surface area contributed by atoms with Gasteiger partial charge in [0.15, 0.2) is 0 Å². The van der Waals surface area contributed by atoms with E-state index in [1.807, 2.05) is 6.92 Å². The van der Waals surface area contributed by atoms with Crippen LogP contribution in [0.3, 0.4) is 0 Å². The molecule has 0 aromatic rings. The largest absolute Gasteiger partial charge is 0.502 e. The Bertz CT molecular complexity index is 432. The van der Waals surface area contributed by atoms with Crippen molar-refractivity contribution in [1.82, 2.24) is 0 Å². The Hall–Kier alpha value is -1.79. The van der Waals surface area contributed by atoms with Crippen LogP contribution >= 0.6 is 0 Å². The summed E-state index contributed by atoms with van der Waals surface area (Å²) < 4.78 is 40.6. The molecule has 0 atom stereocenters. The van der Waals surface area contributed by atoms with Crippen LogP contribution in [0.5, 0.6) is 0 Å². The Morgan fingerprint density at radius 1 is 1.44 bits per heavy atom. The summed E-state index contributed by atoms with van der Waals surface area (Å²) in [6.45, 7) is 1.83. The molecule has 0 unspecified atom stereocenters. The lowest BCUT2D eigenvalue weighted by atomic mass is 10.1. The number of ketones is 1. The number of rotatable bonds is 4. The number of carbonyl (C=O) groups is 2. The molecule has 0 spiro atoms. The molecule has 1 rings (SSSR count). The molecule has 1 aliphatic heterocycles. The quantitative estimate of drug-likeness (QED) is 0.626. The molecular formula is C11H11F3O4. The van der Waals surface area contributed by atoms with Crippen LogP contribution in [0.1, 0.15) is 26.2 Å². The van der Waals surface area contributed by atoms with Crippen molar-refractivity contribution >= 4 is 11.8 Å². The zero-order valence-corrected chi connectivity index (χ0v) is 9.50. The molecule has 1 heterocycles. The van der Waals surface area contributed by atoms with E-state index in [1.54, 1.807) is 0 Å². The van der Waals surface area contributed by atoms with Crippen LogP contribution in [0.25, 0.3) is 0 Å². The van der Waals surface area contributed by atoms with Gasteiger partial charge >= 0.3 is 12.1 Å². The summed E-state index contributed by atoms with van der Waals surface area (Å²) in [6.07, 6.45) is -3.41. The average molecular weight is 264 g/mol. The molecule has 7 heteroatoms. The molecule has 0 amide bonds. The topological polar surface area (TPSA) is 63.6 Å². The van der Waals surface area contributed by atoms with Gasteiger partial charge in [-0.25, -0.2) is 4.79 Å². The number of esters is 1. The standard InChI is InChI=1S/C11H11F3O4/c1-2-3-4-6-7(18-10(17)9(6)16)5-8(15)11(12,13)14/h5,16H,2-4H2,1H3/b7-5+. The molecule has 1 N–H and O–H groups in total. The normalized spacial score (nSPS) is 18.4. The second-order valence-electron chi connectivity index (χ2n) is 3.69. The summed E-state index contributed by atoms with van der Waals surface area (Å²) in [7, 11) is 0. The lowest BCUT2D eigenvalue weighted by molar-refractivity contribution is -0.165. The van der Waals surface area contributed by atoms with Crippen molar-refractivity contribution in [1.29, 1.82) is 0 Å². The Kier molecular flexibility index (Phi) is 4.15. The van der Waals surface area contributed by atoms with Gasteiger partial charge in [-0.2, -0.15) is 13.2 Å². The first-order chi connectivity index (χ1) is 8.27. The summed E-state index contributed by atoms with van der Waals surface area (Å²) >= 11 is 0. The van der Waals surface area contributed by atoms with Crippen molar-refractivity contribution < 1.29 is 32.6 Å². The van der Waals surface area contributed by atoms with E-state index in [2.05, 4.69) is 4.74 Å².